The molecule has 84 valence electrons. The van der Waals surface area contributed by atoms with E-state index in [4.69, 9.17) is 5.11 Å². The molecule has 2 bridgehead atoms. The van der Waals surface area contributed by atoms with Crippen molar-refractivity contribution in [3.63, 3.8) is 0 Å². The molecule has 0 unspecified atom stereocenters. The second-order valence-electron chi connectivity index (χ2n) is 4.49. The summed E-state index contributed by atoms with van der Waals surface area (Å²) in [6.45, 7) is 2.28. The lowest BCUT2D eigenvalue weighted by atomic mass is 10.1. The topological polar surface area (TPSA) is 69.6 Å². The zero-order valence-electron chi connectivity index (χ0n) is 8.77. The normalized spacial score (nSPS) is 30.3. The first-order valence-corrected chi connectivity index (χ1v) is 5.38. The Morgan fingerprint density at radius 1 is 1.47 bits per heavy atom. The number of carbonyl (C=O) groups excluding carboxylic acids is 1. The zero-order valence-corrected chi connectivity index (χ0v) is 8.77. The fourth-order valence-electron chi connectivity index (χ4n) is 2.50. The molecule has 0 aromatic carbocycles. The molecule has 0 spiro atoms. The molecule has 2 fully saturated rings. The van der Waals surface area contributed by atoms with Gasteiger partial charge < -0.3 is 15.3 Å². The Bertz CT molecular complexity index is 292. The van der Waals surface area contributed by atoms with E-state index in [1.165, 1.54) is 13.3 Å². The summed E-state index contributed by atoms with van der Waals surface area (Å²) in [5.41, 5.74) is 0. The second kappa shape index (κ2) is 3.72. The lowest BCUT2D eigenvalue weighted by molar-refractivity contribution is -0.138. The molecule has 15 heavy (non-hydrogen) atoms. The molecule has 5 nitrogen and oxygen atoms in total. The van der Waals surface area contributed by atoms with Gasteiger partial charge in [0, 0.05) is 12.6 Å². The first-order valence-electron chi connectivity index (χ1n) is 5.38. The number of carboxylic acids is 1. The second-order valence-corrected chi connectivity index (χ2v) is 4.49. The molecule has 2 aliphatic rings. The van der Waals surface area contributed by atoms with Crippen molar-refractivity contribution in [2.45, 2.75) is 38.3 Å². The molecular weight excluding hydrogens is 196 g/mol. The van der Waals surface area contributed by atoms with Gasteiger partial charge in [-0.15, -0.1) is 0 Å². The van der Waals surface area contributed by atoms with Crippen LogP contribution in [0.25, 0.3) is 0 Å². The van der Waals surface area contributed by atoms with Crippen molar-refractivity contribution in [2.24, 2.45) is 5.92 Å². The molecule has 2 amide bonds. The quantitative estimate of drug-likeness (QED) is 0.706. The van der Waals surface area contributed by atoms with E-state index in [-0.39, 0.29) is 6.03 Å². The summed E-state index contributed by atoms with van der Waals surface area (Å²) in [5, 5.41) is 11.2. The smallest absolute Gasteiger partial charge is 0.325 e. The minimum absolute atomic E-state index is 0.225. The van der Waals surface area contributed by atoms with E-state index in [9.17, 15) is 9.59 Å². The van der Waals surface area contributed by atoms with Gasteiger partial charge in [0.25, 0.3) is 0 Å². The number of nitrogens with zero attached hydrogens (tertiary/aromatic N) is 1. The van der Waals surface area contributed by atoms with Crippen LogP contribution in [0.3, 0.4) is 0 Å². The van der Waals surface area contributed by atoms with Gasteiger partial charge in [0.05, 0.1) is 0 Å². The molecule has 2 rings (SSSR count). The molecular formula is C10H16N2O3. The minimum atomic E-state index is -0.993. The number of nitrogens with one attached hydrogen (secondary N) is 1. The van der Waals surface area contributed by atoms with E-state index in [1.807, 2.05) is 0 Å². The number of carboxylic acid groups (broad SMARTS) is 1. The number of hydrogen-bond donors (Lipinski definition) is 2. The van der Waals surface area contributed by atoms with E-state index in [2.05, 4.69) is 5.32 Å². The Morgan fingerprint density at radius 3 is 2.67 bits per heavy atom. The third kappa shape index (κ3) is 1.91. The largest absolute Gasteiger partial charge is 0.480 e. The average molecular weight is 212 g/mol. The van der Waals surface area contributed by atoms with Crippen molar-refractivity contribution in [3.05, 3.63) is 0 Å². The van der Waals surface area contributed by atoms with Crippen LogP contribution in [0.4, 0.5) is 4.79 Å². The van der Waals surface area contributed by atoms with Crippen molar-refractivity contribution < 1.29 is 14.7 Å². The minimum Gasteiger partial charge on any atom is -0.480 e. The molecule has 1 heterocycles. The van der Waals surface area contributed by atoms with Crippen LogP contribution in [0.1, 0.15) is 26.2 Å². The van der Waals surface area contributed by atoms with Crippen LogP contribution in [0.5, 0.6) is 0 Å². The van der Waals surface area contributed by atoms with Gasteiger partial charge in [-0.2, -0.15) is 0 Å². The summed E-state index contributed by atoms with van der Waals surface area (Å²) in [6.07, 6.45) is 3.37. The number of piperidine rings is 1. The summed E-state index contributed by atoms with van der Waals surface area (Å²) >= 11 is 0. The van der Waals surface area contributed by atoms with Crippen LogP contribution in [0, 0.1) is 5.92 Å². The van der Waals surface area contributed by atoms with Gasteiger partial charge >= 0.3 is 12.0 Å². The number of urea groups is 1. The third-order valence-corrected chi connectivity index (χ3v) is 3.38. The molecule has 0 aromatic heterocycles. The molecule has 1 aliphatic carbocycles. The van der Waals surface area contributed by atoms with Crippen molar-refractivity contribution in [1.82, 2.24) is 10.2 Å². The van der Waals surface area contributed by atoms with Crippen LogP contribution in [0.2, 0.25) is 0 Å². The Hall–Kier alpha value is -1.26. The van der Waals surface area contributed by atoms with Crippen molar-refractivity contribution >= 4 is 12.0 Å². The number of amides is 2. The highest BCUT2D eigenvalue weighted by Crippen LogP contribution is 2.37. The fourth-order valence-corrected chi connectivity index (χ4v) is 2.50. The summed E-state index contributed by atoms with van der Waals surface area (Å²) in [6, 6.07) is -0.690. The molecule has 1 saturated heterocycles. The summed E-state index contributed by atoms with van der Waals surface area (Å²) in [5.74, 6) is -0.353. The predicted octanol–water partition coefficient (Wildman–Crippen LogP) is 0.653. The molecule has 0 aromatic rings. The first kappa shape index (κ1) is 10.3. The zero-order chi connectivity index (χ0) is 11.0. The van der Waals surface area contributed by atoms with E-state index >= 15 is 0 Å². The van der Waals surface area contributed by atoms with Gasteiger partial charge in [0.15, 0.2) is 0 Å². The molecule has 3 atom stereocenters. The van der Waals surface area contributed by atoms with Crippen LogP contribution < -0.4 is 5.32 Å². The summed E-state index contributed by atoms with van der Waals surface area (Å²) < 4.78 is 0. The number of aliphatic carboxylic acids is 1. The molecule has 1 saturated carbocycles. The Balaban J connectivity index is 1.89. The van der Waals surface area contributed by atoms with Gasteiger partial charge in [0.2, 0.25) is 0 Å². The maximum atomic E-state index is 11.7. The average Bonchev–Trinajstić information content (AvgIpc) is 2.78. The van der Waals surface area contributed by atoms with Crippen LogP contribution in [0.15, 0.2) is 0 Å². The van der Waals surface area contributed by atoms with Crippen LogP contribution in [-0.2, 0) is 4.79 Å². The fraction of sp³-hybridized carbons (Fsp3) is 0.800. The molecule has 2 N–H and O–H groups in total. The maximum Gasteiger partial charge on any atom is 0.325 e. The highest BCUT2D eigenvalue weighted by Gasteiger charge is 2.40. The van der Waals surface area contributed by atoms with Gasteiger partial charge in [-0.05, 0) is 32.1 Å². The number of rotatable bonds is 2. The monoisotopic (exact) mass is 212 g/mol. The standard InChI is InChI=1S/C10H16N2O3/c1-6(9(13)14)11-10(15)12-5-7-2-3-8(12)4-7/h6-8H,2-5H2,1H3,(H,11,15)(H,13,14)/t6-,7+,8+/m1/s1. The van der Waals surface area contributed by atoms with Crippen molar-refractivity contribution in [2.75, 3.05) is 6.54 Å². The molecule has 5 heteroatoms. The SMILES string of the molecule is C[C@@H](NC(=O)N1C[C@H]2CC[C@H]1C2)C(=O)O. The van der Waals surface area contributed by atoms with Gasteiger partial charge in [-0.1, -0.05) is 0 Å². The number of carbonyl (C=O) groups is 2. The number of fused-ring (bicyclic) bond motifs is 2. The highest BCUT2D eigenvalue weighted by atomic mass is 16.4. The Kier molecular flexibility index (Phi) is 2.54. The Morgan fingerprint density at radius 2 is 2.20 bits per heavy atom. The van der Waals surface area contributed by atoms with Crippen molar-refractivity contribution in [1.29, 1.82) is 0 Å². The van der Waals surface area contributed by atoms with Gasteiger partial charge in [-0.3, -0.25) is 4.79 Å². The number of likely N-dealkylation sites (tertiary alicyclic amines) is 1. The Labute approximate surface area is 88.4 Å². The lowest BCUT2D eigenvalue weighted by Crippen LogP contribution is -2.49. The van der Waals surface area contributed by atoms with Crippen LogP contribution in [-0.4, -0.2) is 40.6 Å². The number of hydrogen-bond acceptors (Lipinski definition) is 2. The predicted molar refractivity (Wildman–Crippen MR) is 53.5 cm³/mol. The lowest BCUT2D eigenvalue weighted by Gasteiger charge is -2.27. The molecule has 1 aliphatic heterocycles. The summed E-state index contributed by atoms with van der Waals surface area (Å²) in [4.78, 5) is 24.1. The summed E-state index contributed by atoms with van der Waals surface area (Å²) in [7, 11) is 0. The third-order valence-electron chi connectivity index (χ3n) is 3.38. The van der Waals surface area contributed by atoms with Crippen molar-refractivity contribution in [3.8, 4) is 0 Å². The van der Waals surface area contributed by atoms with E-state index in [0.717, 1.165) is 19.4 Å². The van der Waals surface area contributed by atoms with Gasteiger partial charge in [-0.25, -0.2) is 4.79 Å². The van der Waals surface area contributed by atoms with Crippen LogP contribution >= 0.6 is 0 Å². The first-order chi connectivity index (χ1) is 7.08. The van der Waals surface area contributed by atoms with E-state index in [1.54, 1.807) is 4.90 Å². The van der Waals surface area contributed by atoms with Gasteiger partial charge in [0.1, 0.15) is 6.04 Å². The molecule has 0 radical (unpaired) electrons. The maximum absolute atomic E-state index is 11.7. The highest BCUT2D eigenvalue weighted by molar-refractivity contribution is 5.82. The van der Waals surface area contributed by atoms with E-state index < -0.39 is 12.0 Å². The van der Waals surface area contributed by atoms with E-state index in [0.29, 0.717) is 12.0 Å².